The highest BCUT2D eigenvalue weighted by molar-refractivity contribution is 4.71. The van der Waals surface area contributed by atoms with E-state index in [4.69, 9.17) is 5.73 Å². The van der Waals surface area contributed by atoms with Gasteiger partial charge in [-0.15, -0.1) is 0 Å². The third kappa shape index (κ3) is 4.41. The lowest BCUT2D eigenvalue weighted by molar-refractivity contribution is 0.303. The minimum atomic E-state index is 0.363. The molecular weight excluding hydrogens is 134 g/mol. The van der Waals surface area contributed by atoms with Crippen LogP contribution in [0.15, 0.2) is 0 Å². The molecule has 0 spiro atoms. The lowest BCUT2D eigenvalue weighted by Crippen LogP contribution is -2.30. The van der Waals surface area contributed by atoms with Crippen molar-refractivity contribution < 1.29 is 0 Å². The standard InChI is InChI=1S/C10H23N/c1-5-6-7-10(8(2)3)9(4)11/h8-10H,5-7,11H2,1-4H3. The van der Waals surface area contributed by atoms with Gasteiger partial charge in [0.05, 0.1) is 0 Å². The molecule has 11 heavy (non-hydrogen) atoms. The van der Waals surface area contributed by atoms with Crippen LogP contribution in [-0.4, -0.2) is 6.04 Å². The number of rotatable bonds is 5. The molecule has 2 atom stereocenters. The lowest BCUT2D eigenvalue weighted by Gasteiger charge is -2.24. The normalized spacial score (nSPS) is 16.9. The number of hydrogen-bond acceptors (Lipinski definition) is 1. The van der Waals surface area contributed by atoms with E-state index in [9.17, 15) is 0 Å². The summed E-state index contributed by atoms with van der Waals surface area (Å²) in [6.07, 6.45) is 3.91. The molecule has 0 heterocycles. The van der Waals surface area contributed by atoms with Crippen molar-refractivity contribution in [1.82, 2.24) is 0 Å². The second kappa shape index (κ2) is 5.59. The van der Waals surface area contributed by atoms with Gasteiger partial charge in [-0.05, 0) is 25.2 Å². The largest absolute Gasteiger partial charge is 0.328 e. The van der Waals surface area contributed by atoms with E-state index < -0.39 is 0 Å². The summed E-state index contributed by atoms with van der Waals surface area (Å²) in [4.78, 5) is 0. The molecule has 2 N–H and O–H groups in total. The number of nitrogens with two attached hydrogens (primary N) is 1. The van der Waals surface area contributed by atoms with E-state index in [2.05, 4.69) is 27.7 Å². The highest BCUT2D eigenvalue weighted by atomic mass is 14.6. The van der Waals surface area contributed by atoms with Crippen LogP contribution in [0.1, 0.15) is 47.0 Å². The summed E-state index contributed by atoms with van der Waals surface area (Å²) in [5, 5.41) is 0. The Kier molecular flexibility index (Phi) is 5.57. The third-order valence-electron chi connectivity index (χ3n) is 2.42. The fourth-order valence-electron chi connectivity index (χ4n) is 1.64. The quantitative estimate of drug-likeness (QED) is 0.652. The van der Waals surface area contributed by atoms with E-state index in [0.29, 0.717) is 6.04 Å². The van der Waals surface area contributed by atoms with Crippen molar-refractivity contribution in [1.29, 1.82) is 0 Å². The van der Waals surface area contributed by atoms with Crippen molar-refractivity contribution in [3.05, 3.63) is 0 Å². The fraction of sp³-hybridized carbons (Fsp3) is 1.00. The highest BCUT2D eigenvalue weighted by Crippen LogP contribution is 2.20. The summed E-state index contributed by atoms with van der Waals surface area (Å²) >= 11 is 0. The Balaban J connectivity index is 3.70. The number of unbranched alkanes of at least 4 members (excludes halogenated alkanes) is 1. The Morgan fingerprint density at radius 1 is 1.18 bits per heavy atom. The Morgan fingerprint density at radius 2 is 1.73 bits per heavy atom. The maximum Gasteiger partial charge on any atom is 0.00412 e. The molecule has 0 aromatic rings. The molecule has 0 aliphatic carbocycles. The van der Waals surface area contributed by atoms with Crippen LogP contribution in [0.3, 0.4) is 0 Å². The molecule has 0 aromatic carbocycles. The van der Waals surface area contributed by atoms with E-state index in [1.807, 2.05) is 0 Å². The van der Waals surface area contributed by atoms with Crippen LogP contribution >= 0.6 is 0 Å². The van der Waals surface area contributed by atoms with Gasteiger partial charge < -0.3 is 5.73 Å². The SMILES string of the molecule is CCCCC(C(C)C)C(C)N. The van der Waals surface area contributed by atoms with Gasteiger partial charge in [0, 0.05) is 6.04 Å². The Bertz CT molecular complexity index is 78.9. The predicted octanol–water partition coefficient (Wildman–Crippen LogP) is 2.80. The molecule has 0 saturated heterocycles. The third-order valence-corrected chi connectivity index (χ3v) is 2.42. The molecule has 0 amide bonds. The molecule has 0 saturated carbocycles. The van der Waals surface area contributed by atoms with Crippen molar-refractivity contribution in [2.75, 3.05) is 0 Å². The van der Waals surface area contributed by atoms with E-state index in [0.717, 1.165) is 11.8 Å². The van der Waals surface area contributed by atoms with Gasteiger partial charge in [0.25, 0.3) is 0 Å². The average molecular weight is 157 g/mol. The van der Waals surface area contributed by atoms with Crippen LogP contribution in [-0.2, 0) is 0 Å². The van der Waals surface area contributed by atoms with Crippen LogP contribution in [0.2, 0.25) is 0 Å². The van der Waals surface area contributed by atoms with Crippen LogP contribution in [0.4, 0.5) is 0 Å². The van der Waals surface area contributed by atoms with Crippen molar-refractivity contribution in [3.63, 3.8) is 0 Å². The maximum absolute atomic E-state index is 5.88. The van der Waals surface area contributed by atoms with Gasteiger partial charge in [0.1, 0.15) is 0 Å². The Labute approximate surface area is 71.4 Å². The smallest absolute Gasteiger partial charge is 0.00412 e. The monoisotopic (exact) mass is 157 g/mol. The predicted molar refractivity (Wildman–Crippen MR) is 51.5 cm³/mol. The fourth-order valence-corrected chi connectivity index (χ4v) is 1.64. The summed E-state index contributed by atoms with van der Waals surface area (Å²) < 4.78 is 0. The molecule has 0 aliphatic rings. The molecule has 0 aliphatic heterocycles. The van der Waals surface area contributed by atoms with Crippen LogP contribution in [0, 0.1) is 11.8 Å². The van der Waals surface area contributed by atoms with Gasteiger partial charge in [0.15, 0.2) is 0 Å². The zero-order valence-electron chi connectivity index (χ0n) is 8.43. The van der Waals surface area contributed by atoms with Crippen LogP contribution in [0.5, 0.6) is 0 Å². The molecule has 68 valence electrons. The van der Waals surface area contributed by atoms with E-state index >= 15 is 0 Å². The highest BCUT2D eigenvalue weighted by Gasteiger charge is 2.16. The van der Waals surface area contributed by atoms with E-state index in [1.165, 1.54) is 19.3 Å². The van der Waals surface area contributed by atoms with Gasteiger partial charge in [-0.2, -0.15) is 0 Å². The number of hydrogen-bond donors (Lipinski definition) is 1. The Hall–Kier alpha value is -0.0400. The van der Waals surface area contributed by atoms with Gasteiger partial charge >= 0.3 is 0 Å². The minimum Gasteiger partial charge on any atom is -0.328 e. The first kappa shape index (κ1) is 11.0. The summed E-state index contributed by atoms with van der Waals surface area (Å²) in [6.45, 7) is 8.90. The van der Waals surface area contributed by atoms with Crippen molar-refractivity contribution in [3.8, 4) is 0 Å². The molecular formula is C10H23N. The first-order valence-electron chi connectivity index (χ1n) is 4.85. The second-order valence-corrected chi connectivity index (χ2v) is 3.91. The Morgan fingerprint density at radius 3 is 2.00 bits per heavy atom. The zero-order valence-corrected chi connectivity index (χ0v) is 8.43. The molecule has 0 bridgehead atoms. The molecule has 1 nitrogen and oxygen atoms in total. The summed E-state index contributed by atoms with van der Waals surface area (Å²) in [6, 6.07) is 0.363. The van der Waals surface area contributed by atoms with Crippen molar-refractivity contribution >= 4 is 0 Å². The van der Waals surface area contributed by atoms with Gasteiger partial charge in [-0.25, -0.2) is 0 Å². The van der Waals surface area contributed by atoms with Crippen LogP contribution < -0.4 is 5.73 Å². The first-order valence-corrected chi connectivity index (χ1v) is 4.85. The average Bonchev–Trinajstić information content (AvgIpc) is 1.87. The van der Waals surface area contributed by atoms with Gasteiger partial charge in [-0.3, -0.25) is 0 Å². The second-order valence-electron chi connectivity index (χ2n) is 3.91. The molecule has 0 fully saturated rings. The van der Waals surface area contributed by atoms with Crippen molar-refractivity contribution in [2.24, 2.45) is 17.6 Å². The van der Waals surface area contributed by atoms with Gasteiger partial charge in [0.2, 0.25) is 0 Å². The minimum absolute atomic E-state index is 0.363. The van der Waals surface area contributed by atoms with Gasteiger partial charge in [-0.1, -0.05) is 33.6 Å². The molecule has 0 radical (unpaired) electrons. The first-order chi connectivity index (χ1) is 5.09. The topological polar surface area (TPSA) is 26.0 Å². The van der Waals surface area contributed by atoms with Crippen LogP contribution in [0.25, 0.3) is 0 Å². The molecule has 1 heteroatoms. The molecule has 0 aromatic heterocycles. The molecule has 0 rings (SSSR count). The summed E-state index contributed by atoms with van der Waals surface area (Å²) in [5.74, 6) is 1.46. The summed E-state index contributed by atoms with van der Waals surface area (Å²) in [7, 11) is 0. The zero-order chi connectivity index (χ0) is 8.85. The maximum atomic E-state index is 5.88. The van der Waals surface area contributed by atoms with Crippen molar-refractivity contribution in [2.45, 2.75) is 53.0 Å². The molecule has 2 unspecified atom stereocenters. The lowest BCUT2D eigenvalue weighted by atomic mass is 9.85. The van der Waals surface area contributed by atoms with E-state index in [-0.39, 0.29) is 0 Å². The summed E-state index contributed by atoms with van der Waals surface area (Å²) in [5.41, 5.74) is 5.88. The van der Waals surface area contributed by atoms with E-state index in [1.54, 1.807) is 0 Å².